The van der Waals surface area contributed by atoms with E-state index in [-0.39, 0.29) is 41.2 Å². The zero-order valence-corrected chi connectivity index (χ0v) is 21.6. The van der Waals surface area contributed by atoms with Crippen LogP contribution >= 0.6 is 11.6 Å². The number of nitrogens with two attached hydrogens (primary N) is 2. The molecule has 2 fully saturated rings. The standard InChI is InChI=1S/C26H36ClN5O3/c1-25(2)23(26(3,4)24(25)35-18-6-5-17(14-28)19(27)13-18)31-22(34)20(29)7-8-21(30)32-11-9-16(15-33)10-12-32/h5-8,13,16,23-24,33H,9-12,15,29-30H2,1-4H3,(H,31,34)/b20-7-,21-8+. The van der Waals surface area contributed by atoms with Gasteiger partial charge in [0.05, 0.1) is 22.1 Å². The maximum atomic E-state index is 12.9. The number of ether oxygens (including phenoxy) is 1. The van der Waals surface area contributed by atoms with Gasteiger partial charge in [0.25, 0.3) is 5.91 Å². The molecule has 1 aromatic carbocycles. The predicted molar refractivity (Wildman–Crippen MR) is 136 cm³/mol. The molecular weight excluding hydrogens is 466 g/mol. The number of aliphatic hydroxyl groups excluding tert-OH is 1. The van der Waals surface area contributed by atoms with Crippen molar-refractivity contribution in [2.24, 2.45) is 28.2 Å². The Kier molecular flexibility index (Phi) is 7.93. The number of hydrogen-bond acceptors (Lipinski definition) is 7. The van der Waals surface area contributed by atoms with Gasteiger partial charge in [0.2, 0.25) is 0 Å². The zero-order valence-electron chi connectivity index (χ0n) is 20.8. The molecule has 190 valence electrons. The van der Waals surface area contributed by atoms with Crippen molar-refractivity contribution in [2.75, 3.05) is 19.7 Å². The molecular formula is C26H36ClN5O3. The summed E-state index contributed by atoms with van der Waals surface area (Å²) in [5.41, 5.74) is 12.0. The number of allylic oxidation sites excluding steroid dienone is 2. The van der Waals surface area contributed by atoms with Crippen LogP contribution in [-0.4, -0.2) is 47.8 Å². The number of benzene rings is 1. The molecule has 1 heterocycles. The highest BCUT2D eigenvalue weighted by atomic mass is 35.5. The first kappa shape index (κ1) is 26.7. The van der Waals surface area contributed by atoms with Gasteiger partial charge in [-0.1, -0.05) is 39.3 Å². The smallest absolute Gasteiger partial charge is 0.267 e. The minimum Gasteiger partial charge on any atom is -0.489 e. The quantitative estimate of drug-likeness (QED) is 0.333. The van der Waals surface area contributed by atoms with E-state index in [4.69, 9.17) is 33.1 Å². The number of aliphatic hydroxyl groups is 1. The fourth-order valence-corrected chi connectivity index (χ4v) is 5.75. The van der Waals surface area contributed by atoms with Gasteiger partial charge in [0.1, 0.15) is 17.9 Å². The third-order valence-electron chi connectivity index (χ3n) is 7.36. The average molecular weight is 502 g/mol. The Balaban J connectivity index is 1.63. The van der Waals surface area contributed by atoms with Gasteiger partial charge in [-0.05, 0) is 43.0 Å². The number of rotatable bonds is 7. The maximum absolute atomic E-state index is 12.9. The zero-order chi connectivity index (χ0) is 26.0. The summed E-state index contributed by atoms with van der Waals surface area (Å²) in [7, 11) is 0. The lowest BCUT2D eigenvalue weighted by atomic mass is 9.49. The molecule has 0 unspecified atom stereocenters. The van der Waals surface area contributed by atoms with Crippen LogP contribution < -0.4 is 21.5 Å². The van der Waals surface area contributed by atoms with E-state index in [1.165, 1.54) is 6.08 Å². The highest BCUT2D eigenvalue weighted by Gasteiger charge is 2.64. The van der Waals surface area contributed by atoms with Crippen molar-refractivity contribution in [2.45, 2.75) is 52.7 Å². The van der Waals surface area contributed by atoms with Crippen molar-refractivity contribution in [1.82, 2.24) is 10.2 Å². The van der Waals surface area contributed by atoms with E-state index in [0.717, 1.165) is 25.9 Å². The second kappa shape index (κ2) is 10.4. The first-order valence-corrected chi connectivity index (χ1v) is 12.3. The second-order valence-electron chi connectivity index (χ2n) is 10.6. The van der Waals surface area contributed by atoms with Crippen LogP contribution in [-0.2, 0) is 4.79 Å². The summed E-state index contributed by atoms with van der Waals surface area (Å²) in [6.07, 6.45) is 4.76. The van der Waals surface area contributed by atoms with Crippen LogP contribution in [0.25, 0.3) is 0 Å². The van der Waals surface area contributed by atoms with E-state index in [2.05, 4.69) is 5.32 Å². The van der Waals surface area contributed by atoms with Crippen molar-refractivity contribution >= 4 is 17.5 Å². The number of amides is 1. The van der Waals surface area contributed by atoms with E-state index < -0.39 is 0 Å². The number of carbonyl (C=O) groups excluding carboxylic acids is 1. The van der Waals surface area contributed by atoms with Crippen LogP contribution in [0.15, 0.2) is 41.9 Å². The third kappa shape index (κ3) is 5.52. The third-order valence-corrected chi connectivity index (χ3v) is 7.68. The lowest BCUT2D eigenvalue weighted by Gasteiger charge is -2.63. The lowest BCUT2D eigenvalue weighted by molar-refractivity contribution is -0.172. The molecule has 1 aliphatic carbocycles. The number of nitrogens with one attached hydrogen (secondary N) is 1. The lowest BCUT2D eigenvalue weighted by Crippen LogP contribution is -2.74. The SMILES string of the molecule is CC1(C)C(NC(=O)/C(N)=C/C=C(\N)N2CCC(CO)CC2)C(C)(C)C1Oc1ccc(C#N)c(Cl)c1. The van der Waals surface area contributed by atoms with Gasteiger partial charge in [-0.3, -0.25) is 4.79 Å². The molecule has 9 heteroatoms. The molecule has 1 aliphatic heterocycles. The molecule has 1 amide bonds. The number of hydrogen-bond donors (Lipinski definition) is 4. The molecule has 1 aromatic rings. The molecule has 0 spiro atoms. The number of halogens is 1. The Bertz CT molecular complexity index is 1040. The van der Waals surface area contributed by atoms with Gasteiger partial charge in [-0.2, -0.15) is 5.26 Å². The molecule has 8 nitrogen and oxygen atoms in total. The van der Waals surface area contributed by atoms with Gasteiger partial charge < -0.3 is 31.5 Å². The van der Waals surface area contributed by atoms with E-state index in [1.807, 2.05) is 38.7 Å². The Morgan fingerprint density at radius 1 is 1.26 bits per heavy atom. The molecule has 0 atom stereocenters. The second-order valence-corrected chi connectivity index (χ2v) is 11.0. The normalized spacial score (nSPS) is 24.3. The monoisotopic (exact) mass is 501 g/mol. The van der Waals surface area contributed by atoms with Crippen molar-refractivity contribution < 1.29 is 14.6 Å². The van der Waals surface area contributed by atoms with Crippen LogP contribution in [0.4, 0.5) is 0 Å². The van der Waals surface area contributed by atoms with E-state index >= 15 is 0 Å². The summed E-state index contributed by atoms with van der Waals surface area (Å²) in [6, 6.07) is 6.86. The van der Waals surface area contributed by atoms with Gasteiger partial charge >= 0.3 is 0 Å². The summed E-state index contributed by atoms with van der Waals surface area (Å²) < 4.78 is 6.26. The van der Waals surface area contributed by atoms with E-state index in [0.29, 0.717) is 28.1 Å². The topological polar surface area (TPSA) is 138 Å². The van der Waals surface area contributed by atoms with Crippen LogP contribution in [0, 0.1) is 28.1 Å². The fraction of sp³-hybridized carbons (Fsp3) is 0.538. The summed E-state index contributed by atoms with van der Waals surface area (Å²) in [4.78, 5) is 14.9. The van der Waals surface area contributed by atoms with Gasteiger partial charge in [0, 0.05) is 42.6 Å². The highest BCUT2D eigenvalue weighted by molar-refractivity contribution is 6.31. The Morgan fingerprint density at radius 2 is 1.89 bits per heavy atom. The Hall–Kier alpha value is -2.89. The molecule has 3 rings (SSSR count). The minimum absolute atomic E-state index is 0.0769. The number of carbonyl (C=O) groups is 1. The number of nitrogens with zero attached hydrogens (tertiary/aromatic N) is 2. The largest absolute Gasteiger partial charge is 0.489 e. The van der Waals surface area contributed by atoms with Crippen LogP contribution in [0.2, 0.25) is 5.02 Å². The van der Waals surface area contributed by atoms with Crippen molar-refractivity contribution in [1.29, 1.82) is 5.26 Å². The van der Waals surface area contributed by atoms with Crippen LogP contribution in [0.1, 0.15) is 46.1 Å². The molecule has 1 saturated heterocycles. The number of likely N-dealkylation sites (tertiary alicyclic amines) is 1. The Labute approximate surface area is 212 Å². The minimum atomic E-state index is -0.383. The van der Waals surface area contributed by atoms with Gasteiger partial charge in [-0.15, -0.1) is 0 Å². The summed E-state index contributed by atoms with van der Waals surface area (Å²) in [5.74, 6) is 1.09. The van der Waals surface area contributed by atoms with Crippen LogP contribution in [0.3, 0.4) is 0 Å². The molecule has 6 N–H and O–H groups in total. The molecule has 1 saturated carbocycles. The molecule has 35 heavy (non-hydrogen) atoms. The van der Waals surface area contributed by atoms with E-state index in [1.54, 1.807) is 24.3 Å². The van der Waals surface area contributed by atoms with Gasteiger partial charge in [-0.25, -0.2) is 0 Å². The molecule has 0 radical (unpaired) electrons. The number of nitriles is 1. The van der Waals surface area contributed by atoms with E-state index in [9.17, 15) is 9.90 Å². The van der Waals surface area contributed by atoms with Crippen molar-refractivity contribution in [3.05, 3.63) is 52.5 Å². The first-order chi connectivity index (χ1) is 16.4. The fourth-order valence-electron chi connectivity index (χ4n) is 5.54. The van der Waals surface area contributed by atoms with Crippen molar-refractivity contribution in [3.63, 3.8) is 0 Å². The Morgan fingerprint density at radius 3 is 2.43 bits per heavy atom. The number of piperidine rings is 1. The summed E-state index contributed by atoms with van der Waals surface area (Å²) in [5, 5.41) is 21.8. The molecule has 0 aromatic heterocycles. The van der Waals surface area contributed by atoms with Crippen molar-refractivity contribution in [3.8, 4) is 11.8 Å². The first-order valence-electron chi connectivity index (χ1n) is 11.9. The van der Waals surface area contributed by atoms with Gasteiger partial charge in [0.15, 0.2) is 0 Å². The maximum Gasteiger partial charge on any atom is 0.267 e. The predicted octanol–water partition coefficient (Wildman–Crippen LogP) is 2.86. The summed E-state index contributed by atoms with van der Waals surface area (Å²) in [6.45, 7) is 9.87. The highest BCUT2D eigenvalue weighted by Crippen LogP contribution is 2.55. The summed E-state index contributed by atoms with van der Waals surface area (Å²) >= 11 is 6.16. The van der Waals surface area contributed by atoms with Crippen LogP contribution in [0.5, 0.6) is 5.75 Å². The average Bonchev–Trinajstić information content (AvgIpc) is 2.83. The molecule has 2 aliphatic rings. The molecule has 0 bridgehead atoms.